The maximum absolute atomic E-state index is 12.8. The molecule has 1 aromatic carbocycles. The molecule has 0 aliphatic heterocycles. The molecule has 5 heteroatoms. The molecule has 0 fully saturated rings. The van der Waals surface area contributed by atoms with Crippen LogP contribution in [-0.2, 0) is 17.6 Å². The highest BCUT2D eigenvalue weighted by atomic mass is 32.1. The van der Waals surface area contributed by atoms with Crippen LogP contribution in [0.25, 0.3) is 0 Å². The van der Waals surface area contributed by atoms with Gasteiger partial charge in [0.1, 0.15) is 5.82 Å². The number of thiophene rings is 1. The summed E-state index contributed by atoms with van der Waals surface area (Å²) in [5.41, 5.74) is 1.61. The monoisotopic (exact) mass is 332 g/mol. The lowest BCUT2D eigenvalue weighted by Gasteiger charge is -2.14. The molecule has 23 heavy (non-hydrogen) atoms. The Kier molecular flexibility index (Phi) is 6.47. The second kappa shape index (κ2) is 8.58. The number of amides is 1. The average molecular weight is 332 g/mol. The third kappa shape index (κ3) is 6.32. The molecular formula is C18H21FN2OS. The Morgan fingerprint density at radius 1 is 1.30 bits per heavy atom. The van der Waals surface area contributed by atoms with Crippen LogP contribution in [0.2, 0.25) is 0 Å². The van der Waals surface area contributed by atoms with E-state index in [1.54, 1.807) is 23.5 Å². The van der Waals surface area contributed by atoms with Gasteiger partial charge < -0.3 is 10.7 Å². The Bertz CT molecular complexity index is 638. The van der Waals surface area contributed by atoms with E-state index in [4.69, 9.17) is 5.41 Å². The third-order valence-electron chi connectivity index (χ3n) is 3.50. The fourth-order valence-corrected chi connectivity index (χ4v) is 3.07. The number of hydrogen-bond acceptors (Lipinski definition) is 3. The molecule has 1 heterocycles. The van der Waals surface area contributed by atoms with Gasteiger partial charge in [-0.15, -0.1) is 11.3 Å². The van der Waals surface area contributed by atoms with Gasteiger partial charge in [-0.2, -0.15) is 0 Å². The predicted octanol–water partition coefficient (Wildman–Crippen LogP) is 3.98. The van der Waals surface area contributed by atoms with Crippen molar-refractivity contribution >= 4 is 23.0 Å². The van der Waals surface area contributed by atoms with Crippen LogP contribution in [0.5, 0.6) is 0 Å². The summed E-state index contributed by atoms with van der Waals surface area (Å²) in [5.74, 6) is -0.253. The van der Waals surface area contributed by atoms with Gasteiger partial charge in [-0.3, -0.25) is 4.79 Å². The number of carbonyl (C=O) groups is 1. The number of aryl methyl sites for hydroxylation is 1. The molecular weight excluding hydrogens is 311 g/mol. The molecule has 1 atom stereocenters. The molecule has 0 aliphatic rings. The number of nitrogens with one attached hydrogen (secondary N) is 2. The summed E-state index contributed by atoms with van der Waals surface area (Å²) in [6.45, 7) is 1.92. The minimum Gasteiger partial charge on any atom is -0.353 e. The van der Waals surface area contributed by atoms with E-state index in [2.05, 4.69) is 5.32 Å². The van der Waals surface area contributed by atoms with E-state index in [1.807, 2.05) is 24.4 Å². The zero-order valence-corrected chi connectivity index (χ0v) is 14.0. The normalized spacial score (nSPS) is 11.9. The van der Waals surface area contributed by atoms with Crippen molar-refractivity contribution < 1.29 is 9.18 Å². The molecule has 0 saturated carbocycles. The maximum atomic E-state index is 12.8. The summed E-state index contributed by atoms with van der Waals surface area (Å²) in [5, 5.41) is 12.9. The molecule has 2 rings (SSSR count). The highest BCUT2D eigenvalue weighted by Crippen LogP contribution is 2.10. The smallest absolute Gasteiger partial charge is 0.225 e. The van der Waals surface area contributed by atoms with Gasteiger partial charge in [0.2, 0.25) is 5.91 Å². The first-order valence-corrected chi connectivity index (χ1v) is 8.53. The fraction of sp³-hybridized carbons (Fsp3) is 0.333. The van der Waals surface area contributed by atoms with Crippen LogP contribution in [0.3, 0.4) is 0 Å². The van der Waals surface area contributed by atoms with Crippen molar-refractivity contribution in [3.8, 4) is 0 Å². The fourth-order valence-electron chi connectivity index (χ4n) is 2.37. The number of halogens is 1. The minimum absolute atomic E-state index is 0.00807. The number of carbonyl (C=O) groups excluding carboxylic acids is 1. The van der Waals surface area contributed by atoms with Crippen molar-refractivity contribution in [2.45, 2.75) is 38.6 Å². The van der Waals surface area contributed by atoms with E-state index in [0.717, 1.165) is 16.9 Å². The molecule has 2 aromatic rings. The molecule has 0 aliphatic carbocycles. The first kappa shape index (κ1) is 17.3. The van der Waals surface area contributed by atoms with E-state index in [-0.39, 0.29) is 17.8 Å². The molecule has 0 radical (unpaired) electrons. The summed E-state index contributed by atoms with van der Waals surface area (Å²) in [4.78, 5) is 12.9. The largest absolute Gasteiger partial charge is 0.353 e. The standard InChI is InChI=1S/C18H21FN2OS/c1-13(21-18(22)12-17-3-2-10-23-17)11-16(20)9-6-14-4-7-15(19)8-5-14/h2-5,7-8,10,13,20H,6,9,11-12H2,1H3,(H,21,22). The lowest BCUT2D eigenvalue weighted by molar-refractivity contribution is -0.120. The molecule has 122 valence electrons. The zero-order valence-electron chi connectivity index (χ0n) is 13.1. The van der Waals surface area contributed by atoms with E-state index in [0.29, 0.717) is 25.0 Å². The van der Waals surface area contributed by atoms with E-state index < -0.39 is 0 Å². The van der Waals surface area contributed by atoms with Crippen molar-refractivity contribution in [2.24, 2.45) is 0 Å². The van der Waals surface area contributed by atoms with Crippen LogP contribution >= 0.6 is 11.3 Å². The van der Waals surface area contributed by atoms with Crippen LogP contribution in [0.4, 0.5) is 4.39 Å². The third-order valence-corrected chi connectivity index (χ3v) is 4.38. The Labute approximate surface area is 140 Å². The van der Waals surface area contributed by atoms with E-state index in [9.17, 15) is 9.18 Å². The summed E-state index contributed by atoms with van der Waals surface area (Å²) >= 11 is 1.57. The van der Waals surface area contributed by atoms with Gasteiger partial charge in [-0.05, 0) is 48.9 Å². The Balaban J connectivity index is 1.69. The molecule has 0 bridgehead atoms. The Morgan fingerprint density at radius 2 is 2.04 bits per heavy atom. The lowest BCUT2D eigenvalue weighted by atomic mass is 10.0. The number of hydrogen-bond donors (Lipinski definition) is 2. The van der Waals surface area contributed by atoms with Crippen molar-refractivity contribution in [3.05, 3.63) is 58.0 Å². The second-order valence-electron chi connectivity index (χ2n) is 5.66. The zero-order chi connectivity index (χ0) is 16.7. The van der Waals surface area contributed by atoms with Crippen molar-refractivity contribution in [1.29, 1.82) is 5.41 Å². The molecule has 1 amide bonds. The van der Waals surface area contributed by atoms with Gasteiger partial charge in [0.15, 0.2) is 0 Å². The highest BCUT2D eigenvalue weighted by molar-refractivity contribution is 7.10. The Morgan fingerprint density at radius 3 is 2.70 bits per heavy atom. The summed E-state index contributed by atoms with van der Waals surface area (Å²) in [6.07, 6.45) is 2.27. The highest BCUT2D eigenvalue weighted by Gasteiger charge is 2.11. The Hall–Kier alpha value is -2.01. The van der Waals surface area contributed by atoms with Gasteiger partial charge in [0.25, 0.3) is 0 Å². The van der Waals surface area contributed by atoms with Gasteiger partial charge in [0, 0.05) is 23.1 Å². The number of rotatable bonds is 8. The van der Waals surface area contributed by atoms with E-state index >= 15 is 0 Å². The topological polar surface area (TPSA) is 53.0 Å². The van der Waals surface area contributed by atoms with Gasteiger partial charge >= 0.3 is 0 Å². The quantitative estimate of drug-likeness (QED) is 0.706. The molecule has 1 unspecified atom stereocenters. The lowest BCUT2D eigenvalue weighted by Crippen LogP contribution is -2.35. The summed E-state index contributed by atoms with van der Waals surface area (Å²) in [7, 11) is 0. The van der Waals surface area contributed by atoms with Gasteiger partial charge in [0.05, 0.1) is 6.42 Å². The van der Waals surface area contributed by atoms with Crippen molar-refractivity contribution in [2.75, 3.05) is 0 Å². The number of benzene rings is 1. The predicted molar refractivity (Wildman–Crippen MR) is 92.7 cm³/mol. The molecule has 3 nitrogen and oxygen atoms in total. The van der Waals surface area contributed by atoms with E-state index in [1.165, 1.54) is 12.1 Å². The molecule has 2 N–H and O–H groups in total. The van der Waals surface area contributed by atoms with Crippen molar-refractivity contribution in [3.63, 3.8) is 0 Å². The molecule has 0 spiro atoms. The average Bonchev–Trinajstić information content (AvgIpc) is 2.99. The van der Waals surface area contributed by atoms with Crippen LogP contribution in [-0.4, -0.2) is 17.7 Å². The van der Waals surface area contributed by atoms with Crippen LogP contribution in [0.1, 0.15) is 30.2 Å². The maximum Gasteiger partial charge on any atom is 0.225 e. The van der Waals surface area contributed by atoms with Crippen molar-refractivity contribution in [1.82, 2.24) is 5.32 Å². The van der Waals surface area contributed by atoms with Gasteiger partial charge in [-0.25, -0.2) is 4.39 Å². The summed E-state index contributed by atoms with van der Waals surface area (Å²) in [6, 6.07) is 10.2. The van der Waals surface area contributed by atoms with Crippen LogP contribution in [0, 0.1) is 11.2 Å². The molecule has 0 saturated heterocycles. The summed E-state index contributed by atoms with van der Waals surface area (Å²) < 4.78 is 12.8. The van der Waals surface area contributed by atoms with Crippen LogP contribution < -0.4 is 5.32 Å². The second-order valence-corrected chi connectivity index (χ2v) is 6.69. The first-order valence-electron chi connectivity index (χ1n) is 7.65. The SMILES string of the molecule is CC(CC(=N)CCc1ccc(F)cc1)NC(=O)Cc1cccs1. The molecule has 1 aromatic heterocycles. The van der Waals surface area contributed by atoms with Crippen LogP contribution in [0.15, 0.2) is 41.8 Å². The minimum atomic E-state index is -0.245. The first-order chi connectivity index (χ1) is 11.0. The van der Waals surface area contributed by atoms with Gasteiger partial charge in [-0.1, -0.05) is 18.2 Å².